The van der Waals surface area contributed by atoms with E-state index in [0.29, 0.717) is 6.42 Å². The van der Waals surface area contributed by atoms with Crippen molar-refractivity contribution in [3.8, 4) is 0 Å². The summed E-state index contributed by atoms with van der Waals surface area (Å²) in [7, 11) is 0. The maximum absolute atomic E-state index is 11.7. The molecule has 5 nitrogen and oxygen atoms in total. The van der Waals surface area contributed by atoms with E-state index in [1.54, 1.807) is 0 Å². The molecule has 0 aliphatic heterocycles. The maximum atomic E-state index is 11.7. The first-order chi connectivity index (χ1) is 13.1. The van der Waals surface area contributed by atoms with Crippen LogP contribution in [0.3, 0.4) is 0 Å². The molecule has 0 spiro atoms. The van der Waals surface area contributed by atoms with Gasteiger partial charge in [0.25, 0.3) is 0 Å². The highest BCUT2D eigenvalue weighted by Crippen LogP contribution is 2.09. The monoisotopic (exact) mass is 382 g/mol. The SMILES string of the molecule is CCCC/C=C\C/C=C\CCCCCCCC(=O)OC(CO)COC(C)=O. The standard InChI is InChI=1S/C22H38O5/c1-3-4-5-6-7-8-9-10-11-12-13-14-15-16-17-22(25)27-21(18-23)19-26-20(2)24/h6-7,9-10,21,23H,3-5,8,11-19H2,1-2H3/b7-6-,10-9-. The van der Waals surface area contributed by atoms with E-state index < -0.39 is 12.1 Å². The summed E-state index contributed by atoms with van der Waals surface area (Å²) >= 11 is 0. The van der Waals surface area contributed by atoms with Crippen LogP contribution in [0.2, 0.25) is 0 Å². The van der Waals surface area contributed by atoms with E-state index in [-0.39, 0.29) is 19.2 Å². The zero-order valence-corrected chi connectivity index (χ0v) is 17.2. The zero-order chi connectivity index (χ0) is 20.2. The van der Waals surface area contributed by atoms with Crippen LogP contribution in [-0.4, -0.2) is 36.4 Å². The molecular weight excluding hydrogens is 344 g/mol. The Hall–Kier alpha value is -1.62. The topological polar surface area (TPSA) is 72.8 Å². The Balaban J connectivity index is 3.51. The maximum Gasteiger partial charge on any atom is 0.306 e. The zero-order valence-electron chi connectivity index (χ0n) is 17.2. The molecule has 0 saturated heterocycles. The summed E-state index contributed by atoms with van der Waals surface area (Å²) in [4.78, 5) is 22.4. The van der Waals surface area contributed by atoms with Gasteiger partial charge in [-0.1, -0.05) is 63.3 Å². The minimum absolute atomic E-state index is 0.0976. The van der Waals surface area contributed by atoms with Gasteiger partial charge in [-0.05, 0) is 32.1 Å². The average molecular weight is 383 g/mol. The number of aliphatic hydroxyl groups is 1. The second kappa shape index (κ2) is 19.2. The van der Waals surface area contributed by atoms with E-state index in [4.69, 9.17) is 14.6 Å². The number of carbonyl (C=O) groups is 2. The minimum atomic E-state index is -0.769. The van der Waals surface area contributed by atoms with Crippen molar-refractivity contribution in [1.82, 2.24) is 0 Å². The molecule has 1 atom stereocenters. The molecule has 0 amide bonds. The number of rotatable bonds is 17. The lowest BCUT2D eigenvalue weighted by atomic mass is 10.1. The summed E-state index contributed by atoms with van der Waals surface area (Å²) in [5.41, 5.74) is 0. The van der Waals surface area contributed by atoms with Crippen molar-refractivity contribution in [3.05, 3.63) is 24.3 Å². The molecule has 0 saturated carbocycles. The Morgan fingerprint density at radius 3 is 2.19 bits per heavy atom. The number of unbranched alkanes of at least 4 members (excludes halogenated alkanes) is 7. The largest absolute Gasteiger partial charge is 0.462 e. The highest BCUT2D eigenvalue weighted by Gasteiger charge is 2.14. The predicted molar refractivity (Wildman–Crippen MR) is 108 cm³/mol. The molecule has 0 heterocycles. The van der Waals surface area contributed by atoms with Crippen molar-refractivity contribution in [1.29, 1.82) is 0 Å². The van der Waals surface area contributed by atoms with E-state index in [9.17, 15) is 9.59 Å². The Labute approximate surface area is 164 Å². The van der Waals surface area contributed by atoms with Gasteiger partial charge >= 0.3 is 11.9 Å². The Morgan fingerprint density at radius 1 is 0.926 bits per heavy atom. The smallest absolute Gasteiger partial charge is 0.306 e. The number of allylic oxidation sites excluding steroid dienone is 4. The molecule has 0 rings (SSSR count). The number of ether oxygens (including phenoxy) is 2. The first kappa shape index (κ1) is 25.4. The van der Waals surface area contributed by atoms with Crippen LogP contribution < -0.4 is 0 Å². The third kappa shape index (κ3) is 19.0. The summed E-state index contributed by atoms with van der Waals surface area (Å²) in [5.74, 6) is -0.807. The number of hydrogen-bond donors (Lipinski definition) is 1. The summed E-state index contributed by atoms with van der Waals surface area (Å²) in [6, 6.07) is 0. The summed E-state index contributed by atoms with van der Waals surface area (Å²) in [5, 5.41) is 9.10. The molecule has 156 valence electrons. The fourth-order valence-electron chi connectivity index (χ4n) is 2.47. The van der Waals surface area contributed by atoms with Gasteiger partial charge in [0.15, 0.2) is 6.10 Å². The third-order valence-corrected chi connectivity index (χ3v) is 4.06. The molecule has 27 heavy (non-hydrogen) atoms. The second-order valence-corrected chi connectivity index (χ2v) is 6.72. The van der Waals surface area contributed by atoms with Gasteiger partial charge < -0.3 is 14.6 Å². The molecule has 5 heteroatoms. The molecule has 1 N–H and O–H groups in total. The molecule has 0 aromatic rings. The van der Waals surface area contributed by atoms with Crippen molar-refractivity contribution in [2.45, 2.75) is 90.6 Å². The summed E-state index contributed by atoms with van der Waals surface area (Å²) in [6.07, 6.45) is 19.6. The number of carbonyl (C=O) groups excluding carboxylic acids is 2. The van der Waals surface area contributed by atoms with E-state index in [1.165, 1.54) is 32.6 Å². The van der Waals surface area contributed by atoms with Crippen LogP contribution in [0.25, 0.3) is 0 Å². The first-order valence-corrected chi connectivity index (χ1v) is 10.3. The normalized spacial score (nSPS) is 12.6. The molecule has 0 radical (unpaired) electrons. The molecule has 0 fully saturated rings. The number of aliphatic hydroxyl groups excluding tert-OH is 1. The van der Waals surface area contributed by atoms with Crippen LogP contribution in [-0.2, 0) is 19.1 Å². The highest BCUT2D eigenvalue weighted by molar-refractivity contribution is 5.69. The van der Waals surface area contributed by atoms with Crippen LogP contribution in [0.5, 0.6) is 0 Å². The Bertz CT molecular complexity index is 428. The van der Waals surface area contributed by atoms with Gasteiger partial charge in [0.05, 0.1) is 6.61 Å². The quantitative estimate of drug-likeness (QED) is 0.221. The number of hydrogen-bond acceptors (Lipinski definition) is 5. The third-order valence-electron chi connectivity index (χ3n) is 4.06. The van der Waals surface area contributed by atoms with Crippen LogP contribution >= 0.6 is 0 Å². The van der Waals surface area contributed by atoms with Gasteiger partial charge in [-0.25, -0.2) is 0 Å². The lowest BCUT2D eigenvalue weighted by Gasteiger charge is -2.15. The number of esters is 2. The average Bonchev–Trinajstić information content (AvgIpc) is 2.65. The van der Waals surface area contributed by atoms with Gasteiger partial charge in [0.1, 0.15) is 6.61 Å². The molecule has 1 unspecified atom stereocenters. The summed E-state index contributed by atoms with van der Waals surface area (Å²) < 4.78 is 9.82. The second-order valence-electron chi connectivity index (χ2n) is 6.72. The molecular formula is C22H38O5. The minimum Gasteiger partial charge on any atom is -0.462 e. The van der Waals surface area contributed by atoms with E-state index in [0.717, 1.165) is 38.5 Å². The van der Waals surface area contributed by atoms with Crippen molar-refractivity contribution in [3.63, 3.8) is 0 Å². The molecule has 0 aliphatic rings. The van der Waals surface area contributed by atoms with Gasteiger partial charge in [-0.2, -0.15) is 0 Å². The lowest BCUT2D eigenvalue weighted by molar-refractivity contribution is -0.160. The van der Waals surface area contributed by atoms with E-state index in [2.05, 4.69) is 31.2 Å². The lowest BCUT2D eigenvalue weighted by Crippen LogP contribution is -2.28. The van der Waals surface area contributed by atoms with Gasteiger partial charge in [-0.15, -0.1) is 0 Å². The molecule has 0 bridgehead atoms. The fraction of sp³-hybridized carbons (Fsp3) is 0.727. The first-order valence-electron chi connectivity index (χ1n) is 10.3. The van der Waals surface area contributed by atoms with Crippen molar-refractivity contribution in [2.75, 3.05) is 13.2 Å². The highest BCUT2D eigenvalue weighted by atomic mass is 16.6. The molecule has 0 aromatic carbocycles. The van der Waals surface area contributed by atoms with Crippen LogP contribution in [0.15, 0.2) is 24.3 Å². The summed E-state index contributed by atoms with van der Waals surface area (Å²) in [6.45, 7) is 3.04. The molecule has 0 aliphatic carbocycles. The van der Waals surface area contributed by atoms with E-state index in [1.807, 2.05) is 0 Å². The van der Waals surface area contributed by atoms with Crippen LogP contribution in [0.4, 0.5) is 0 Å². The van der Waals surface area contributed by atoms with E-state index >= 15 is 0 Å². The Kier molecular flexibility index (Phi) is 18.0. The molecule has 0 aromatic heterocycles. The van der Waals surface area contributed by atoms with Crippen LogP contribution in [0, 0.1) is 0 Å². The predicted octanol–water partition coefficient (Wildman–Crippen LogP) is 4.88. The van der Waals surface area contributed by atoms with Gasteiger partial charge in [0, 0.05) is 13.3 Å². The van der Waals surface area contributed by atoms with Crippen molar-refractivity contribution in [2.24, 2.45) is 0 Å². The van der Waals surface area contributed by atoms with Crippen molar-refractivity contribution >= 4 is 11.9 Å². The van der Waals surface area contributed by atoms with Gasteiger partial charge in [-0.3, -0.25) is 9.59 Å². The van der Waals surface area contributed by atoms with Crippen molar-refractivity contribution < 1.29 is 24.2 Å². The van der Waals surface area contributed by atoms with Gasteiger partial charge in [0.2, 0.25) is 0 Å². The fourth-order valence-corrected chi connectivity index (χ4v) is 2.47. The van der Waals surface area contributed by atoms with Crippen LogP contribution in [0.1, 0.15) is 84.5 Å². The Morgan fingerprint density at radius 2 is 1.56 bits per heavy atom.